The summed E-state index contributed by atoms with van der Waals surface area (Å²) in [6, 6.07) is 8.66. The highest BCUT2D eigenvalue weighted by atomic mass is 32.2. The van der Waals surface area contributed by atoms with Gasteiger partial charge in [-0.25, -0.2) is 0 Å². The van der Waals surface area contributed by atoms with Crippen LogP contribution in [0.25, 0.3) is 0 Å². The van der Waals surface area contributed by atoms with Gasteiger partial charge in [-0.2, -0.15) is 0 Å². The highest BCUT2D eigenvalue weighted by Crippen LogP contribution is 2.36. The topological polar surface area (TPSA) is 58.1 Å². The molecule has 2 fully saturated rings. The van der Waals surface area contributed by atoms with E-state index in [1.54, 1.807) is 0 Å². The van der Waals surface area contributed by atoms with Crippen molar-refractivity contribution in [1.82, 2.24) is 15.1 Å². The maximum atomic E-state index is 12.8. The van der Waals surface area contributed by atoms with Crippen LogP contribution in [-0.4, -0.2) is 39.3 Å². The second-order valence-electron chi connectivity index (χ2n) is 7.50. The van der Waals surface area contributed by atoms with E-state index in [1.165, 1.54) is 60.8 Å². The van der Waals surface area contributed by atoms with Gasteiger partial charge in [-0.15, -0.1) is 10.2 Å². The molecule has 1 aliphatic carbocycles. The number of carbonyl (C=O) groups excluding carboxylic acids is 1. The molecular formula is C20H26N4OS2. The molecule has 4 rings (SSSR count). The van der Waals surface area contributed by atoms with Crippen LogP contribution in [0.4, 0.5) is 10.8 Å². The van der Waals surface area contributed by atoms with Gasteiger partial charge < -0.3 is 10.2 Å². The fourth-order valence-electron chi connectivity index (χ4n) is 4.31. The van der Waals surface area contributed by atoms with E-state index in [0.717, 1.165) is 34.0 Å². The van der Waals surface area contributed by atoms with Gasteiger partial charge in [0, 0.05) is 18.3 Å². The number of aryl methyl sites for hydroxylation is 1. The highest BCUT2D eigenvalue weighted by molar-refractivity contribution is 8.01. The Morgan fingerprint density at radius 2 is 2.11 bits per heavy atom. The van der Waals surface area contributed by atoms with Crippen molar-refractivity contribution < 1.29 is 4.79 Å². The number of rotatable bonds is 5. The zero-order chi connectivity index (χ0) is 18.6. The zero-order valence-electron chi connectivity index (χ0n) is 15.7. The van der Waals surface area contributed by atoms with E-state index in [9.17, 15) is 4.79 Å². The SMILES string of the molecule is Cc1cccc(Nc2nnc(SCC(=O)N3CCC[C@H]4CCCC[C@H]43)s2)c1. The molecule has 1 aliphatic heterocycles. The predicted octanol–water partition coefficient (Wildman–Crippen LogP) is 4.86. The van der Waals surface area contributed by atoms with Gasteiger partial charge in [0.25, 0.3) is 0 Å². The van der Waals surface area contributed by atoms with Gasteiger partial charge in [0.1, 0.15) is 0 Å². The number of amides is 1. The monoisotopic (exact) mass is 402 g/mol. The molecule has 1 saturated heterocycles. The molecule has 1 aromatic carbocycles. The number of carbonyl (C=O) groups is 1. The number of nitrogens with one attached hydrogen (secondary N) is 1. The van der Waals surface area contributed by atoms with Gasteiger partial charge in [0.05, 0.1) is 5.75 Å². The summed E-state index contributed by atoms with van der Waals surface area (Å²) in [7, 11) is 0. The maximum absolute atomic E-state index is 12.8. The van der Waals surface area contributed by atoms with E-state index in [-0.39, 0.29) is 5.91 Å². The standard InChI is InChI=1S/C20H26N4OS2/c1-14-6-4-9-16(12-14)21-19-22-23-20(27-19)26-13-18(25)24-11-5-8-15-7-2-3-10-17(15)24/h4,6,9,12,15,17H,2-3,5,7-8,10-11,13H2,1H3,(H,21,22)/t15-,17-/m1/s1. The summed E-state index contributed by atoms with van der Waals surface area (Å²) in [6.45, 7) is 2.99. The highest BCUT2D eigenvalue weighted by Gasteiger charge is 2.35. The van der Waals surface area contributed by atoms with Crippen LogP contribution in [0.5, 0.6) is 0 Å². The summed E-state index contributed by atoms with van der Waals surface area (Å²) in [5.74, 6) is 1.45. The number of thioether (sulfide) groups is 1. The van der Waals surface area contributed by atoms with Gasteiger partial charge in [0.15, 0.2) is 4.34 Å². The summed E-state index contributed by atoms with van der Waals surface area (Å²) in [5, 5.41) is 12.5. The molecule has 2 atom stereocenters. The first-order chi connectivity index (χ1) is 13.2. The van der Waals surface area contributed by atoms with Crippen LogP contribution in [0.15, 0.2) is 28.6 Å². The van der Waals surface area contributed by atoms with E-state index in [0.29, 0.717) is 11.8 Å². The van der Waals surface area contributed by atoms with Crippen LogP contribution in [0.2, 0.25) is 0 Å². The molecule has 1 aromatic heterocycles. The number of likely N-dealkylation sites (tertiary alicyclic amines) is 1. The lowest BCUT2D eigenvalue weighted by Crippen LogP contribution is -2.50. The van der Waals surface area contributed by atoms with E-state index >= 15 is 0 Å². The molecule has 0 spiro atoms. The van der Waals surface area contributed by atoms with Crippen molar-refractivity contribution in [2.45, 2.75) is 55.8 Å². The van der Waals surface area contributed by atoms with Gasteiger partial charge in [-0.05, 0) is 56.2 Å². The zero-order valence-corrected chi connectivity index (χ0v) is 17.3. The van der Waals surface area contributed by atoms with Gasteiger partial charge >= 0.3 is 0 Å². The van der Waals surface area contributed by atoms with Gasteiger partial charge in [0.2, 0.25) is 11.0 Å². The number of benzene rings is 1. The maximum Gasteiger partial charge on any atom is 0.233 e. The Bertz CT molecular complexity index is 792. The number of aromatic nitrogens is 2. The van der Waals surface area contributed by atoms with E-state index in [1.807, 2.05) is 12.1 Å². The Morgan fingerprint density at radius 3 is 3.00 bits per heavy atom. The average molecular weight is 403 g/mol. The third-order valence-corrected chi connectivity index (χ3v) is 7.52. The Balaban J connectivity index is 1.32. The number of hydrogen-bond donors (Lipinski definition) is 1. The number of fused-ring (bicyclic) bond motifs is 1. The van der Waals surface area contributed by atoms with E-state index in [4.69, 9.17) is 0 Å². The van der Waals surface area contributed by atoms with Crippen LogP contribution in [0, 0.1) is 12.8 Å². The second-order valence-corrected chi connectivity index (χ2v) is 9.70. The molecule has 2 aliphatic rings. The lowest BCUT2D eigenvalue weighted by molar-refractivity contribution is -0.134. The Morgan fingerprint density at radius 1 is 1.26 bits per heavy atom. The van der Waals surface area contributed by atoms with Crippen molar-refractivity contribution in [1.29, 1.82) is 0 Å². The molecular weight excluding hydrogens is 376 g/mol. The lowest BCUT2D eigenvalue weighted by Gasteiger charge is -2.44. The third kappa shape index (κ3) is 4.63. The molecule has 0 unspecified atom stereocenters. The third-order valence-electron chi connectivity index (χ3n) is 5.56. The molecule has 1 N–H and O–H groups in total. The Hall–Kier alpha value is -1.60. The summed E-state index contributed by atoms with van der Waals surface area (Å²) < 4.78 is 0.843. The minimum absolute atomic E-state index is 0.264. The van der Waals surface area contributed by atoms with Crippen molar-refractivity contribution in [3.63, 3.8) is 0 Å². The Kier molecular flexibility index (Phi) is 5.98. The largest absolute Gasteiger partial charge is 0.339 e. The molecule has 2 heterocycles. The second kappa shape index (κ2) is 8.61. The Labute approximate surface area is 168 Å². The van der Waals surface area contributed by atoms with Crippen LogP contribution in [-0.2, 0) is 4.79 Å². The minimum Gasteiger partial charge on any atom is -0.339 e. The normalized spacial score (nSPS) is 22.3. The molecule has 144 valence electrons. The first-order valence-corrected chi connectivity index (χ1v) is 11.6. The van der Waals surface area contributed by atoms with E-state index < -0.39 is 0 Å². The molecule has 2 aromatic rings. The van der Waals surface area contributed by atoms with E-state index in [2.05, 4.69) is 39.5 Å². The van der Waals surface area contributed by atoms with Crippen molar-refractivity contribution in [3.05, 3.63) is 29.8 Å². The summed E-state index contributed by atoms with van der Waals surface area (Å²) in [5.41, 5.74) is 2.21. The first-order valence-electron chi connectivity index (χ1n) is 9.78. The minimum atomic E-state index is 0.264. The number of piperidine rings is 1. The van der Waals surface area contributed by atoms with Crippen LogP contribution in [0.3, 0.4) is 0 Å². The van der Waals surface area contributed by atoms with Crippen molar-refractivity contribution in [2.75, 3.05) is 17.6 Å². The fourth-order valence-corrected chi connectivity index (χ4v) is 5.96. The van der Waals surface area contributed by atoms with Gasteiger partial charge in [-0.3, -0.25) is 4.79 Å². The van der Waals surface area contributed by atoms with Crippen LogP contribution >= 0.6 is 23.1 Å². The fraction of sp³-hybridized carbons (Fsp3) is 0.550. The molecule has 1 amide bonds. The van der Waals surface area contributed by atoms with Crippen LogP contribution in [0.1, 0.15) is 44.1 Å². The molecule has 7 heteroatoms. The van der Waals surface area contributed by atoms with Crippen molar-refractivity contribution in [3.8, 4) is 0 Å². The van der Waals surface area contributed by atoms with Gasteiger partial charge in [-0.1, -0.05) is 48.1 Å². The molecule has 5 nitrogen and oxygen atoms in total. The number of nitrogens with zero attached hydrogens (tertiary/aromatic N) is 3. The molecule has 0 radical (unpaired) electrons. The number of anilines is 2. The summed E-state index contributed by atoms with van der Waals surface area (Å²) in [4.78, 5) is 15.0. The summed E-state index contributed by atoms with van der Waals surface area (Å²) >= 11 is 3.01. The van der Waals surface area contributed by atoms with Crippen LogP contribution < -0.4 is 5.32 Å². The van der Waals surface area contributed by atoms with Crippen molar-refractivity contribution >= 4 is 39.8 Å². The lowest BCUT2D eigenvalue weighted by atomic mass is 9.78. The van der Waals surface area contributed by atoms with Crippen molar-refractivity contribution in [2.24, 2.45) is 5.92 Å². The molecule has 0 bridgehead atoms. The predicted molar refractivity (Wildman–Crippen MR) is 112 cm³/mol. The average Bonchev–Trinajstić information content (AvgIpc) is 3.13. The molecule has 27 heavy (non-hydrogen) atoms. The smallest absolute Gasteiger partial charge is 0.233 e. The quantitative estimate of drug-likeness (QED) is 0.724. The summed E-state index contributed by atoms with van der Waals surface area (Å²) in [6.07, 6.45) is 7.53. The number of hydrogen-bond acceptors (Lipinski definition) is 6. The first kappa shape index (κ1) is 18.7. The molecule has 1 saturated carbocycles.